The largest absolute Gasteiger partial charge is 0.369 e. The van der Waals surface area contributed by atoms with E-state index in [0.29, 0.717) is 27.3 Å². The topological polar surface area (TPSA) is 37.0 Å². The Hall–Kier alpha value is -0.670. The van der Waals surface area contributed by atoms with Crippen LogP contribution < -0.4 is 10.6 Å². The lowest BCUT2D eigenvalue weighted by Gasteiger charge is -2.19. The summed E-state index contributed by atoms with van der Waals surface area (Å²) in [5, 5.41) is 7.73. The van der Waals surface area contributed by atoms with Crippen molar-refractivity contribution in [1.82, 2.24) is 4.98 Å². The highest BCUT2D eigenvalue weighted by Gasteiger charge is 2.31. The normalized spacial score (nSPS) is 21.4. The van der Waals surface area contributed by atoms with Gasteiger partial charge in [0, 0.05) is 12.6 Å². The van der Waals surface area contributed by atoms with Crippen LogP contribution in [-0.4, -0.2) is 17.6 Å². The zero-order chi connectivity index (χ0) is 14.0. The van der Waals surface area contributed by atoms with Crippen LogP contribution in [0.1, 0.15) is 40.0 Å². The van der Waals surface area contributed by atoms with Crippen LogP contribution in [0, 0.1) is 5.41 Å². The first-order chi connectivity index (χ1) is 8.91. The van der Waals surface area contributed by atoms with Crippen LogP contribution in [0.4, 0.5) is 11.6 Å². The second-order valence-electron chi connectivity index (χ2n) is 5.93. The lowest BCUT2D eigenvalue weighted by Crippen LogP contribution is -2.19. The molecule has 106 valence electrons. The number of anilines is 2. The van der Waals surface area contributed by atoms with Gasteiger partial charge in [-0.3, -0.25) is 0 Å². The van der Waals surface area contributed by atoms with Gasteiger partial charge in [0.05, 0.1) is 10.0 Å². The summed E-state index contributed by atoms with van der Waals surface area (Å²) in [5.41, 5.74) is 0.404. The average molecular weight is 302 g/mol. The van der Waals surface area contributed by atoms with Crippen LogP contribution in [0.5, 0.6) is 0 Å². The van der Waals surface area contributed by atoms with Crippen LogP contribution in [0.15, 0.2) is 6.07 Å². The maximum absolute atomic E-state index is 6.21. The van der Waals surface area contributed by atoms with Crippen molar-refractivity contribution >= 4 is 34.8 Å². The van der Waals surface area contributed by atoms with Crippen molar-refractivity contribution < 1.29 is 0 Å². The molecular weight excluding hydrogens is 281 g/mol. The van der Waals surface area contributed by atoms with E-state index in [0.717, 1.165) is 25.2 Å². The van der Waals surface area contributed by atoms with Gasteiger partial charge in [-0.25, -0.2) is 4.98 Å². The molecule has 1 aromatic heterocycles. The van der Waals surface area contributed by atoms with E-state index in [2.05, 4.69) is 29.5 Å². The predicted molar refractivity (Wildman–Crippen MR) is 83.5 cm³/mol. The van der Waals surface area contributed by atoms with Crippen molar-refractivity contribution in [2.75, 3.05) is 17.2 Å². The van der Waals surface area contributed by atoms with Crippen molar-refractivity contribution in [3.8, 4) is 0 Å². The van der Waals surface area contributed by atoms with Crippen LogP contribution in [0.2, 0.25) is 10.0 Å². The minimum Gasteiger partial charge on any atom is -0.369 e. The molecule has 2 N–H and O–H groups in total. The molecule has 1 aliphatic carbocycles. The fourth-order valence-electron chi connectivity index (χ4n) is 2.61. The maximum atomic E-state index is 6.21. The van der Waals surface area contributed by atoms with E-state index >= 15 is 0 Å². The maximum Gasteiger partial charge on any atom is 0.147 e. The van der Waals surface area contributed by atoms with Crippen LogP contribution in [-0.2, 0) is 0 Å². The first-order valence-electron chi connectivity index (χ1n) is 6.78. The Bertz CT molecular complexity index is 460. The number of hydrogen-bond donors (Lipinski definition) is 2. The third-order valence-electron chi connectivity index (χ3n) is 3.58. The van der Waals surface area contributed by atoms with Crippen molar-refractivity contribution in [3.05, 3.63) is 16.1 Å². The number of halogens is 2. The molecule has 2 rings (SSSR count). The Balaban J connectivity index is 2.14. The summed E-state index contributed by atoms with van der Waals surface area (Å²) in [5.74, 6) is 1.41. The molecule has 0 saturated heterocycles. The van der Waals surface area contributed by atoms with Crippen molar-refractivity contribution in [2.24, 2.45) is 5.41 Å². The molecule has 3 nitrogen and oxygen atoms in total. The smallest absolute Gasteiger partial charge is 0.147 e. The molecule has 1 aliphatic rings. The molecule has 1 saturated carbocycles. The van der Waals surface area contributed by atoms with Gasteiger partial charge in [-0.15, -0.1) is 0 Å². The highest BCUT2D eigenvalue weighted by atomic mass is 35.5. The van der Waals surface area contributed by atoms with Gasteiger partial charge < -0.3 is 10.6 Å². The van der Waals surface area contributed by atoms with E-state index in [-0.39, 0.29) is 0 Å². The first-order valence-corrected chi connectivity index (χ1v) is 7.53. The SMILES string of the molecule is CCNc1nc(NC2CCC(C)(C)C2)c(Cl)cc1Cl. The second kappa shape index (κ2) is 5.76. The summed E-state index contributed by atoms with van der Waals surface area (Å²) in [4.78, 5) is 4.49. The molecule has 1 atom stereocenters. The Morgan fingerprint density at radius 2 is 2.00 bits per heavy atom. The zero-order valence-electron chi connectivity index (χ0n) is 11.7. The van der Waals surface area contributed by atoms with Crippen LogP contribution >= 0.6 is 23.2 Å². The van der Waals surface area contributed by atoms with Gasteiger partial charge >= 0.3 is 0 Å². The van der Waals surface area contributed by atoms with E-state index in [9.17, 15) is 0 Å². The van der Waals surface area contributed by atoms with Gasteiger partial charge in [0.25, 0.3) is 0 Å². The minimum absolute atomic E-state index is 0.404. The summed E-state index contributed by atoms with van der Waals surface area (Å²) in [6, 6.07) is 2.19. The van der Waals surface area contributed by atoms with Gasteiger partial charge in [0.15, 0.2) is 0 Å². The first kappa shape index (κ1) is 14.7. The van der Waals surface area contributed by atoms with E-state index in [4.69, 9.17) is 23.2 Å². The lowest BCUT2D eigenvalue weighted by molar-refractivity contribution is 0.378. The average Bonchev–Trinajstić information content (AvgIpc) is 2.65. The van der Waals surface area contributed by atoms with E-state index in [1.165, 1.54) is 6.42 Å². The Kier molecular flexibility index (Phi) is 4.46. The van der Waals surface area contributed by atoms with Crippen molar-refractivity contribution in [3.63, 3.8) is 0 Å². The van der Waals surface area contributed by atoms with Crippen LogP contribution in [0.25, 0.3) is 0 Å². The van der Waals surface area contributed by atoms with Gasteiger partial charge in [-0.2, -0.15) is 0 Å². The summed E-state index contributed by atoms with van der Waals surface area (Å²) in [7, 11) is 0. The zero-order valence-corrected chi connectivity index (χ0v) is 13.2. The number of nitrogens with one attached hydrogen (secondary N) is 2. The van der Waals surface area contributed by atoms with E-state index in [1.807, 2.05) is 6.92 Å². The standard InChI is InChI=1S/C14H21Cl2N3/c1-4-17-12-10(15)7-11(16)13(19-12)18-9-5-6-14(2,3)8-9/h7,9H,4-6,8H2,1-3H3,(H2,17,18,19). The molecule has 0 amide bonds. The Labute approximate surface area is 125 Å². The van der Waals surface area contributed by atoms with E-state index in [1.54, 1.807) is 6.07 Å². The van der Waals surface area contributed by atoms with Gasteiger partial charge in [0.1, 0.15) is 11.6 Å². The molecule has 1 fully saturated rings. The number of aromatic nitrogens is 1. The Morgan fingerprint density at radius 3 is 2.58 bits per heavy atom. The molecule has 1 heterocycles. The molecule has 5 heteroatoms. The molecule has 1 aromatic rings. The monoisotopic (exact) mass is 301 g/mol. The van der Waals surface area contributed by atoms with Crippen LogP contribution in [0.3, 0.4) is 0 Å². The second-order valence-corrected chi connectivity index (χ2v) is 6.74. The van der Waals surface area contributed by atoms with Gasteiger partial charge in [-0.05, 0) is 37.7 Å². The quantitative estimate of drug-likeness (QED) is 0.838. The summed E-state index contributed by atoms with van der Waals surface area (Å²) < 4.78 is 0. The summed E-state index contributed by atoms with van der Waals surface area (Å²) in [6.07, 6.45) is 3.53. The fourth-order valence-corrected chi connectivity index (χ4v) is 3.09. The van der Waals surface area contributed by atoms with Gasteiger partial charge in [0.2, 0.25) is 0 Å². The highest BCUT2D eigenvalue weighted by molar-refractivity contribution is 6.37. The molecule has 1 unspecified atom stereocenters. The van der Waals surface area contributed by atoms with Crippen molar-refractivity contribution in [2.45, 2.75) is 46.1 Å². The highest BCUT2D eigenvalue weighted by Crippen LogP contribution is 2.39. The molecule has 0 aliphatic heterocycles. The number of rotatable bonds is 4. The fraction of sp³-hybridized carbons (Fsp3) is 0.643. The third kappa shape index (κ3) is 3.67. The minimum atomic E-state index is 0.404. The summed E-state index contributed by atoms with van der Waals surface area (Å²) in [6.45, 7) is 7.40. The molecule has 0 bridgehead atoms. The molecule has 0 aromatic carbocycles. The number of hydrogen-bond acceptors (Lipinski definition) is 3. The number of nitrogens with zero attached hydrogens (tertiary/aromatic N) is 1. The molecular formula is C14H21Cl2N3. The molecule has 19 heavy (non-hydrogen) atoms. The predicted octanol–water partition coefficient (Wildman–Crippen LogP) is 4.81. The molecule has 0 radical (unpaired) electrons. The summed E-state index contributed by atoms with van der Waals surface area (Å²) >= 11 is 12.3. The van der Waals surface area contributed by atoms with E-state index < -0.39 is 0 Å². The number of pyridine rings is 1. The lowest BCUT2D eigenvalue weighted by atomic mass is 9.92. The van der Waals surface area contributed by atoms with Gasteiger partial charge in [-0.1, -0.05) is 37.0 Å². The molecule has 0 spiro atoms. The third-order valence-corrected chi connectivity index (χ3v) is 4.16. The van der Waals surface area contributed by atoms with Crippen molar-refractivity contribution in [1.29, 1.82) is 0 Å². The Morgan fingerprint density at radius 1 is 1.32 bits per heavy atom.